The van der Waals surface area contributed by atoms with E-state index >= 15 is 0 Å². The quantitative estimate of drug-likeness (QED) is 0.695. The number of ketones is 1. The Morgan fingerprint density at radius 3 is 1.89 bits per heavy atom. The molecule has 1 N–H and O–H groups in total. The Bertz CT molecular complexity index is 237. The molecule has 0 amide bonds. The van der Waals surface area contributed by atoms with Crippen LogP contribution < -0.4 is 0 Å². The van der Waals surface area contributed by atoms with E-state index in [-0.39, 0.29) is 5.78 Å². The molecule has 0 radical (unpaired) electrons. The summed E-state index contributed by atoms with van der Waals surface area (Å²) in [5, 5.41) is 9.91. The van der Waals surface area contributed by atoms with Crippen LogP contribution in [0.2, 0.25) is 0 Å². The van der Waals surface area contributed by atoms with Crippen LogP contribution >= 0.6 is 0 Å². The molecular weight excluding hydrogens is 236 g/mol. The summed E-state index contributed by atoms with van der Waals surface area (Å²) >= 11 is 0. The van der Waals surface area contributed by atoms with E-state index in [2.05, 4.69) is 6.92 Å². The summed E-state index contributed by atoms with van der Waals surface area (Å²) in [4.78, 5) is 11.8. The monoisotopic (exact) mass is 268 g/mol. The van der Waals surface area contributed by atoms with Crippen LogP contribution in [0.4, 0.5) is 0 Å². The first-order valence-corrected chi connectivity index (χ1v) is 8.41. The number of carbonyl (C=O) groups is 1. The van der Waals surface area contributed by atoms with E-state index in [1.54, 1.807) is 0 Å². The van der Waals surface area contributed by atoms with E-state index in [0.29, 0.717) is 18.8 Å². The minimum atomic E-state index is -0.706. The van der Waals surface area contributed by atoms with Crippen LogP contribution in [-0.4, -0.2) is 17.0 Å². The van der Waals surface area contributed by atoms with Crippen LogP contribution in [-0.2, 0) is 4.79 Å². The third-order valence-corrected chi connectivity index (χ3v) is 4.37. The van der Waals surface area contributed by atoms with Gasteiger partial charge in [0.1, 0.15) is 6.10 Å². The first kappa shape index (κ1) is 16.7. The van der Waals surface area contributed by atoms with Crippen molar-refractivity contribution in [1.29, 1.82) is 0 Å². The van der Waals surface area contributed by atoms with E-state index in [9.17, 15) is 9.90 Å². The van der Waals surface area contributed by atoms with Gasteiger partial charge in [0.25, 0.3) is 0 Å². The van der Waals surface area contributed by atoms with E-state index < -0.39 is 6.10 Å². The zero-order chi connectivity index (χ0) is 13.9. The molecule has 0 aromatic carbocycles. The highest BCUT2D eigenvalue weighted by atomic mass is 16.3. The second-order valence-corrected chi connectivity index (χ2v) is 6.40. The molecule has 0 aromatic rings. The van der Waals surface area contributed by atoms with Crippen molar-refractivity contribution < 1.29 is 9.90 Å². The molecule has 0 saturated heterocycles. The molecule has 2 unspecified atom stereocenters. The normalized spacial score (nSPS) is 30.1. The molecule has 2 nitrogen and oxygen atoms in total. The van der Waals surface area contributed by atoms with Gasteiger partial charge in [0.05, 0.1) is 0 Å². The van der Waals surface area contributed by atoms with Crippen LogP contribution in [0.15, 0.2) is 0 Å². The first-order valence-electron chi connectivity index (χ1n) is 8.41. The van der Waals surface area contributed by atoms with Crippen molar-refractivity contribution in [3.63, 3.8) is 0 Å². The van der Waals surface area contributed by atoms with Gasteiger partial charge < -0.3 is 5.11 Å². The molecule has 1 fully saturated rings. The minimum absolute atomic E-state index is 0.0685. The Kier molecular flexibility index (Phi) is 9.15. The molecule has 19 heavy (non-hydrogen) atoms. The summed E-state index contributed by atoms with van der Waals surface area (Å²) < 4.78 is 0. The van der Waals surface area contributed by atoms with Crippen molar-refractivity contribution in [1.82, 2.24) is 0 Å². The molecule has 0 aliphatic heterocycles. The highest BCUT2D eigenvalue weighted by Gasteiger charge is 2.17. The van der Waals surface area contributed by atoms with Gasteiger partial charge in [-0.15, -0.1) is 0 Å². The Morgan fingerprint density at radius 2 is 1.32 bits per heavy atom. The maximum absolute atomic E-state index is 11.8. The second-order valence-electron chi connectivity index (χ2n) is 6.40. The Morgan fingerprint density at radius 1 is 0.842 bits per heavy atom. The van der Waals surface area contributed by atoms with E-state index in [1.807, 2.05) is 0 Å². The SMILES string of the molecule is CC1CCCCCCCCCCCCC(=O)C(O)C1. The predicted molar refractivity (Wildman–Crippen MR) is 80.2 cm³/mol. The van der Waals surface area contributed by atoms with Crippen molar-refractivity contribution in [2.24, 2.45) is 5.92 Å². The molecule has 0 aromatic heterocycles. The van der Waals surface area contributed by atoms with Gasteiger partial charge >= 0.3 is 0 Å². The fourth-order valence-electron chi connectivity index (χ4n) is 3.00. The Balaban J connectivity index is 2.32. The number of hydrogen-bond donors (Lipinski definition) is 1. The Hall–Kier alpha value is -0.370. The first-order chi connectivity index (χ1) is 9.20. The van der Waals surface area contributed by atoms with E-state index in [1.165, 1.54) is 51.4 Å². The number of rotatable bonds is 0. The zero-order valence-electron chi connectivity index (χ0n) is 12.7. The van der Waals surface area contributed by atoms with E-state index in [0.717, 1.165) is 19.3 Å². The molecule has 0 heterocycles. The lowest BCUT2D eigenvalue weighted by Gasteiger charge is -2.16. The standard InChI is InChI=1S/C17H32O2/c1-15-12-10-8-6-4-2-3-5-7-9-11-13-16(18)17(19)14-15/h15,17,19H,2-14H2,1H3. The summed E-state index contributed by atoms with van der Waals surface area (Å²) in [5.41, 5.74) is 0. The summed E-state index contributed by atoms with van der Waals surface area (Å²) in [7, 11) is 0. The summed E-state index contributed by atoms with van der Waals surface area (Å²) in [6, 6.07) is 0. The fraction of sp³-hybridized carbons (Fsp3) is 0.941. The highest BCUT2D eigenvalue weighted by molar-refractivity contribution is 5.82. The van der Waals surface area contributed by atoms with Gasteiger partial charge in [0, 0.05) is 6.42 Å². The number of Topliss-reactive ketones (excluding diaryl/α,β-unsaturated/α-hetero) is 1. The largest absolute Gasteiger partial charge is 0.385 e. The number of carbonyl (C=O) groups excluding carboxylic acids is 1. The Labute approximate surface area is 119 Å². The van der Waals surface area contributed by atoms with Crippen LogP contribution in [0.25, 0.3) is 0 Å². The maximum Gasteiger partial charge on any atom is 0.161 e. The maximum atomic E-state index is 11.8. The smallest absolute Gasteiger partial charge is 0.161 e. The van der Waals surface area contributed by atoms with Gasteiger partial charge in [-0.05, 0) is 18.8 Å². The van der Waals surface area contributed by atoms with Gasteiger partial charge in [0.2, 0.25) is 0 Å². The molecule has 1 rings (SSSR count). The molecule has 0 spiro atoms. The highest BCUT2D eigenvalue weighted by Crippen LogP contribution is 2.19. The van der Waals surface area contributed by atoms with Crippen molar-refractivity contribution in [3.8, 4) is 0 Å². The van der Waals surface area contributed by atoms with Crippen LogP contribution in [0.1, 0.15) is 90.4 Å². The summed E-state index contributed by atoms with van der Waals surface area (Å²) in [5.74, 6) is 0.547. The second kappa shape index (κ2) is 10.4. The molecule has 1 aliphatic carbocycles. The lowest BCUT2D eigenvalue weighted by molar-refractivity contribution is -0.128. The van der Waals surface area contributed by atoms with Crippen molar-refractivity contribution in [2.75, 3.05) is 0 Å². The van der Waals surface area contributed by atoms with Crippen molar-refractivity contribution in [3.05, 3.63) is 0 Å². The topological polar surface area (TPSA) is 37.3 Å². The van der Waals surface area contributed by atoms with Gasteiger partial charge in [-0.2, -0.15) is 0 Å². The summed E-state index contributed by atoms with van der Waals surface area (Å²) in [6.07, 6.45) is 14.4. The predicted octanol–water partition coefficient (Wildman–Crippen LogP) is 4.64. The lowest BCUT2D eigenvalue weighted by Crippen LogP contribution is -2.22. The molecule has 1 aliphatic rings. The van der Waals surface area contributed by atoms with Crippen LogP contribution in [0, 0.1) is 5.92 Å². The van der Waals surface area contributed by atoms with Gasteiger partial charge in [-0.3, -0.25) is 4.79 Å². The van der Waals surface area contributed by atoms with Gasteiger partial charge in [-0.1, -0.05) is 71.1 Å². The summed E-state index contributed by atoms with van der Waals surface area (Å²) in [6.45, 7) is 2.17. The van der Waals surface area contributed by atoms with Gasteiger partial charge in [-0.25, -0.2) is 0 Å². The lowest BCUT2D eigenvalue weighted by atomic mass is 9.93. The van der Waals surface area contributed by atoms with E-state index in [4.69, 9.17) is 0 Å². The van der Waals surface area contributed by atoms with Crippen molar-refractivity contribution in [2.45, 2.75) is 96.5 Å². The third kappa shape index (κ3) is 8.41. The molecule has 2 atom stereocenters. The van der Waals surface area contributed by atoms with Crippen LogP contribution in [0.5, 0.6) is 0 Å². The zero-order valence-corrected chi connectivity index (χ0v) is 12.7. The molecule has 0 bridgehead atoms. The number of aliphatic hydroxyl groups is 1. The average Bonchev–Trinajstić information content (AvgIpc) is 2.38. The number of aliphatic hydroxyl groups excluding tert-OH is 1. The minimum Gasteiger partial charge on any atom is -0.385 e. The van der Waals surface area contributed by atoms with Crippen LogP contribution in [0.3, 0.4) is 0 Å². The van der Waals surface area contributed by atoms with Crippen molar-refractivity contribution >= 4 is 5.78 Å². The molecular formula is C17H32O2. The third-order valence-electron chi connectivity index (χ3n) is 4.37. The molecule has 2 heteroatoms. The fourth-order valence-corrected chi connectivity index (χ4v) is 3.00. The molecule has 112 valence electrons. The van der Waals surface area contributed by atoms with Gasteiger partial charge in [0.15, 0.2) is 5.78 Å². The molecule has 1 saturated carbocycles. The average molecular weight is 268 g/mol. The number of hydrogen-bond acceptors (Lipinski definition) is 2.